The number of ether oxygens (including phenoxy) is 6. The van der Waals surface area contributed by atoms with Crippen LogP contribution in [0.2, 0.25) is 0 Å². The van der Waals surface area contributed by atoms with Gasteiger partial charge in [-0.2, -0.15) is 0 Å². The van der Waals surface area contributed by atoms with Crippen LogP contribution in [0.15, 0.2) is 53.7 Å². The summed E-state index contributed by atoms with van der Waals surface area (Å²) >= 11 is 0. The number of piperazine rings is 1. The van der Waals surface area contributed by atoms with Gasteiger partial charge in [0.05, 0.1) is 47.8 Å². The number of hydrogen-bond acceptors (Lipinski definition) is 19. The van der Waals surface area contributed by atoms with Gasteiger partial charge in [0.2, 0.25) is 17.5 Å². The molecule has 72 heavy (non-hydrogen) atoms. The van der Waals surface area contributed by atoms with E-state index in [4.69, 9.17) is 28.4 Å². The summed E-state index contributed by atoms with van der Waals surface area (Å²) in [5.74, 6) is -10.8. The molecule has 6 heterocycles. The molecule has 23 nitrogen and oxygen atoms in total. The molecule has 0 saturated carbocycles. The van der Waals surface area contributed by atoms with E-state index in [0.717, 1.165) is 6.26 Å². The number of nitrogens with zero attached hydrogens (tertiary/aromatic N) is 5. The predicted octanol–water partition coefficient (Wildman–Crippen LogP) is 2.68. The van der Waals surface area contributed by atoms with Crippen LogP contribution >= 0.6 is 0 Å². The summed E-state index contributed by atoms with van der Waals surface area (Å²) < 4.78 is 36.3. The van der Waals surface area contributed by atoms with Crippen molar-refractivity contribution >= 4 is 41.0 Å². The van der Waals surface area contributed by atoms with Gasteiger partial charge < -0.3 is 69.0 Å². The number of nitro groups is 1. The van der Waals surface area contributed by atoms with Crippen molar-refractivity contribution in [2.24, 2.45) is 23.7 Å². The van der Waals surface area contributed by atoms with E-state index in [-0.39, 0.29) is 80.1 Å². The number of carbonyl (C=O) groups excluding carboxylic acids is 6. The minimum absolute atomic E-state index is 0.00632. The highest BCUT2D eigenvalue weighted by Gasteiger charge is 2.53. The number of methoxy groups -OCH3 is 1. The number of nitrogens with one attached hydrogen (secondary N) is 1. The zero-order valence-corrected chi connectivity index (χ0v) is 41.4. The Kier molecular flexibility index (Phi) is 15.4. The van der Waals surface area contributed by atoms with E-state index in [1.807, 2.05) is 0 Å². The Balaban J connectivity index is 1.22. The number of phenolic OH excluding ortho intramolecular Hbond substituents is 1. The topological polar surface area (TPSA) is 298 Å². The summed E-state index contributed by atoms with van der Waals surface area (Å²) in [5.41, 5.74) is -2.17. The average Bonchev–Trinajstić information content (AvgIpc) is 3.90. The fraction of sp³-hybridized carbons (Fsp3) is 0.531. The SMILES string of the molecule is CO[C@H]1C=CO[C@@]2(C)Oc3c(C)c(O)c4c(c3C2=O)C(=O)C(N2CCN(C(=O)CO[C@@H]3COc5nc([N+](=O)[O-])cn5C3)CC2)=C(NC(=O)C(C)=CC=C[C@H](C)[C@H](O)[C@@H](C)[C@@H](O)[C@@H](C)[C@H](OC(C)=O)[C@@H]1C)C4=O. The first-order valence-electron chi connectivity index (χ1n) is 23.5. The minimum Gasteiger partial charge on any atom is -0.507 e. The summed E-state index contributed by atoms with van der Waals surface area (Å²) in [6.07, 6.45) is 3.60. The Morgan fingerprint density at radius 3 is 2.32 bits per heavy atom. The molecule has 0 spiro atoms. The van der Waals surface area contributed by atoms with Gasteiger partial charge in [0.1, 0.15) is 54.5 Å². The van der Waals surface area contributed by atoms with Crippen LogP contribution in [0, 0.1) is 40.7 Å². The maximum absolute atomic E-state index is 15.1. The largest absolute Gasteiger partial charge is 0.507 e. The molecule has 0 radical (unpaired) electrons. The number of esters is 1. The van der Waals surface area contributed by atoms with Crippen LogP contribution < -0.4 is 14.8 Å². The van der Waals surface area contributed by atoms with Crippen molar-refractivity contribution in [1.29, 1.82) is 0 Å². The maximum Gasteiger partial charge on any atom is 0.414 e. The molecule has 6 aliphatic rings. The Bertz CT molecular complexity index is 2680. The molecule has 2 aromatic rings. The number of fused-ring (bicyclic) bond motifs is 15. The quantitative estimate of drug-likeness (QED) is 0.176. The van der Waals surface area contributed by atoms with Gasteiger partial charge in [0, 0.05) is 86.9 Å². The highest BCUT2D eigenvalue weighted by atomic mass is 16.7. The number of phenols is 1. The Hall–Kier alpha value is -6.95. The molecule has 1 aromatic heterocycles. The van der Waals surface area contributed by atoms with E-state index in [1.54, 1.807) is 33.8 Å². The van der Waals surface area contributed by atoms with Gasteiger partial charge in [-0.3, -0.25) is 33.3 Å². The number of aliphatic hydroxyl groups excluding tert-OH is 2. The monoisotopic (exact) mass is 1000 g/mol. The van der Waals surface area contributed by atoms with Gasteiger partial charge in [-0.1, -0.05) is 45.9 Å². The summed E-state index contributed by atoms with van der Waals surface area (Å²) in [4.78, 5) is 102. The van der Waals surface area contributed by atoms with Crippen molar-refractivity contribution in [3.8, 4) is 17.5 Å². The number of amides is 2. The normalized spacial score (nSPS) is 29.2. The first-order chi connectivity index (χ1) is 34.0. The van der Waals surface area contributed by atoms with Crippen LogP contribution in [-0.2, 0) is 39.9 Å². The molecular formula is C49H60N6O17. The summed E-state index contributed by atoms with van der Waals surface area (Å²) in [6.45, 7) is 11.8. The Labute approximate surface area is 414 Å². The lowest BCUT2D eigenvalue weighted by atomic mass is 9.78. The number of imidazole rings is 1. The van der Waals surface area contributed by atoms with Crippen LogP contribution in [0.5, 0.6) is 17.5 Å². The average molecular weight is 1010 g/mol. The number of aromatic nitrogens is 2. The highest BCUT2D eigenvalue weighted by molar-refractivity contribution is 6.32. The molecule has 5 bridgehead atoms. The number of benzene rings is 1. The lowest BCUT2D eigenvalue weighted by molar-refractivity contribution is -0.389. The molecule has 23 heteroatoms. The molecule has 1 saturated heterocycles. The zero-order chi connectivity index (χ0) is 52.7. The second-order valence-electron chi connectivity index (χ2n) is 18.9. The molecule has 5 aliphatic heterocycles. The standard InChI is InChI=1S/C49H60N6O17/c1-23-11-10-12-24(2)47(64)51-37-38(53-16-14-52(15-17-53)33(57)22-68-30-19-54-20-32(55(65)66)50-48(54)69-21-30)43(62)34-35(42(37)61)41(60)28(6)45-36(34)46(63)49(8,72-45)70-18-13-31(67-9)25(3)44(71-29(7)56)27(5)40(59)26(4)39(23)58/h10-13,18,20,23,25-27,30-31,39-40,44,58-60H,14-17,19,21-22H2,1-9H3,(H,51,64)/t23-,25+,26+,27+,30-,31-,39-,40+,44+,49-/m0/s1. The summed E-state index contributed by atoms with van der Waals surface area (Å²) in [5, 5.41) is 48.5. The van der Waals surface area contributed by atoms with E-state index in [0.29, 0.717) is 0 Å². The third-order valence-electron chi connectivity index (χ3n) is 14.0. The molecule has 388 valence electrons. The number of ketones is 3. The van der Waals surface area contributed by atoms with Crippen molar-refractivity contribution in [3.63, 3.8) is 0 Å². The molecule has 1 fully saturated rings. The first kappa shape index (κ1) is 52.9. The van der Waals surface area contributed by atoms with Gasteiger partial charge in [-0.25, -0.2) is 0 Å². The van der Waals surface area contributed by atoms with Crippen molar-refractivity contribution in [1.82, 2.24) is 24.7 Å². The molecule has 4 N–H and O–H groups in total. The van der Waals surface area contributed by atoms with E-state index in [1.165, 1.54) is 73.6 Å². The van der Waals surface area contributed by atoms with Crippen LogP contribution in [-0.4, -0.2) is 158 Å². The van der Waals surface area contributed by atoms with Crippen LogP contribution in [0.1, 0.15) is 85.1 Å². The minimum atomic E-state index is -2.17. The fourth-order valence-electron chi connectivity index (χ4n) is 9.70. The molecule has 10 atom stereocenters. The van der Waals surface area contributed by atoms with Gasteiger partial charge in [-0.15, -0.1) is 0 Å². The van der Waals surface area contributed by atoms with Crippen LogP contribution in [0.25, 0.3) is 0 Å². The fourth-order valence-corrected chi connectivity index (χ4v) is 9.70. The van der Waals surface area contributed by atoms with Crippen molar-refractivity contribution in [2.45, 2.75) is 98.2 Å². The van der Waals surface area contributed by atoms with Gasteiger partial charge >= 0.3 is 23.6 Å². The van der Waals surface area contributed by atoms with Gasteiger partial charge in [0.15, 0.2) is 0 Å². The third-order valence-corrected chi connectivity index (χ3v) is 14.0. The predicted molar refractivity (Wildman–Crippen MR) is 250 cm³/mol. The van der Waals surface area contributed by atoms with Crippen molar-refractivity contribution < 1.29 is 77.4 Å². The number of hydrogen-bond donors (Lipinski definition) is 4. The van der Waals surface area contributed by atoms with Gasteiger partial charge in [0.25, 0.3) is 11.7 Å². The lowest BCUT2D eigenvalue weighted by Crippen LogP contribution is -2.52. The Morgan fingerprint density at radius 1 is 0.972 bits per heavy atom. The lowest BCUT2D eigenvalue weighted by Gasteiger charge is -2.39. The van der Waals surface area contributed by atoms with Crippen LogP contribution in [0.3, 0.4) is 0 Å². The highest BCUT2D eigenvalue weighted by Crippen LogP contribution is 2.49. The van der Waals surface area contributed by atoms with Crippen molar-refractivity contribution in [3.05, 3.63) is 86.1 Å². The second-order valence-corrected chi connectivity index (χ2v) is 18.9. The Morgan fingerprint density at radius 2 is 1.67 bits per heavy atom. The smallest absolute Gasteiger partial charge is 0.414 e. The first-order valence-corrected chi connectivity index (χ1v) is 23.5. The molecule has 0 unspecified atom stereocenters. The second kappa shape index (κ2) is 21.0. The zero-order valence-electron chi connectivity index (χ0n) is 41.4. The number of aliphatic hydroxyl groups is 2. The van der Waals surface area contributed by atoms with Crippen LogP contribution in [0.4, 0.5) is 5.82 Å². The summed E-state index contributed by atoms with van der Waals surface area (Å²) in [6, 6.07) is 0.0549. The summed E-state index contributed by atoms with van der Waals surface area (Å²) in [7, 11) is 1.40. The third kappa shape index (κ3) is 10.1. The van der Waals surface area contributed by atoms with Crippen molar-refractivity contribution in [2.75, 3.05) is 46.5 Å². The van der Waals surface area contributed by atoms with E-state index in [2.05, 4.69) is 10.3 Å². The van der Waals surface area contributed by atoms with E-state index >= 15 is 4.79 Å². The molecular weight excluding hydrogens is 945 g/mol. The number of aromatic hydroxyl groups is 1. The number of rotatable bonds is 7. The number of carbonyl (C=O) groups is 6. The molecule has 2 amide bonds. The number of allylic oxidation sites excluding steroid dienone is 4. The maximum atomic E-state index is 15.1. The number of Topliss-reactive ketones (excluding diaryl/α,β-unsaturated/α-hetero) is 3. The van der Waals surface area contributed by atoms with Gasteiger partial charge in [-0.05, 0) is 24.8 Å². The van der Waals surface area contributed by atoms with E-state index in [9.17, 15) is 49.4 Å². The molecule has 1 aromatic carbocycles. The van der Waals surface area contributed by atoms with E-state index < -0.39 is 128 Å². The molecule has 8 rings (SSSR count). The molecule has 1 aliphatic carbocycles.